The van der Waals surface area contributed by atoms with Gasteiger partial charge in [-0.15, -0.1) is 0 Å². The summed E-state index contributed by atoms with van der Waals surface area (Å²) >= 11 is 0. The lowest BCUT2D eigenvalue weighted by atomic mass is 10.2. The fraction of sp³-hybridized carbons (Fsp3) is 0.688. The molecule has 7 nitrogen and oxygen atoms in total. The summed E-state index contributed by atoms with van der Waals surface area (Å²) in [6.07, 6.45) is 5.64. The van der Waals surface area contributed by atoms with E-state index in [0.717, 1.165) is 12.8 Å². The Bertz CT molecular complexity index is 660. The van der Waals surface area contributed by atoms with Crippen molar-refractivity contribution in [1.29, 1.82) is 0 Å². The van der Waals surface area contributed by atoms with Gasteiger partial charge in [-0.2, -0.15) is 0 Å². The van der Waals surface area contributed by atoms with E-state index in [2.05, 4.69) is 16.9 Å². The predicted molar refractivity (Wildman–Crippen MR) is 94.0 cm³/mol. The molecule has 1 unspecified atom stereocenters. The summed E-state index contributed by atoms with van der Waals surface area (Å²) in [5, 5.41) is 0. The maximum absolute atomic E-state index is 12.3. The number of anilines is 1. The fourth-order valence-electron chi connectivity index (χ4n) is 2.88. The standard InChI is InChI=1S/C16H26N4O3S/c1-4-6-8-19(3)15(21)13-10-17-16(18-11-13)20(5-2)14-7-9-24(22,23)12-14/h10-11,14H,4-9,12H2,1-3H3. The first kappa shape index (κ1) is 18.6. The Hall–Kier alpha value is -1.70. The van der Waals surface area contributed by atoms with Crippen molar-refractivity contribution >= 4 is 21.7 Å². The molecule has 1 aromatic heterocycles. The van der Waals surface area contributed by atoms with Crippen molar-refractivity contribution < 1.29 is 13.2 Å². The van der Waals surface area contributed by atoms with Gasteiger partial charge in [0.1, 0.15) is 0 Å². The summed E-state index contributed by atoms with van der Waals surface area (Å²) in [7, 11) is -1.19. The number of hydrogen-bond acceptors (Lipinski definition) is 6. The second-order valence-electron chi connectivity index (χ2n) is 6.19. The van der Waals surface area contributed by atoms with Crippen LogP contribution >= 0.6 is 0 Å². The van der Waals surface area contributed by atoms with Gasteiger partial charge in [-0.05, 0) is 19.8 Å². The number of carbonyl (C=O) groups excluding carboxylic acids is 1. The topological polar surface area (TPSA) is 83.5 Å². The number of sulfone groups is 1. The van der Waals surface area contributed by atoms with E-state index in [0.29, 0.717) is 31.0 Å². The number of rotatable bonds is 7. The third-order valence-electron chi connectivity index (χ3n) is 4.33. The molecule has 1 saturated heterocycles. The molecule has 1 aromatic rings. The number of carbonyl (C=O) groups is 1. The van der Waals surface area contributed by atoms with E-state index in [-0.39, 0.29) is 23.5 Å². The molecule has 8 heteroatoms. The zero-order valence-corrected chi connectivity index (χ0v) is 15.4. The van der Waals surface area contributed by atoms with E-state index < -0.39 is 9.84 Å². The van der Waals surface area contributed by atoms with Crippen molar-refractivity contribution in [3.63, 3.8) is 0 Å². The molecule has 24 heavy (non-hydrogen) atoms. The van der Waals surface area contributed by atoms with Gasteiger partial charge in [0, 0.05) is 38.6 Å². The third kappa shape index (κ3) is 4.43. The smallest absolute Gasteiger partial charge is 0.256 e. The molecule has 1 aliphatic heterocycles. The van der Waals surface area contributed by atoms with Crippen LogP contribution in [0.2, 0.25) is 0 Å². The minimum Gasteiger partial charge on any atom is -0.342 e. The normalized spacial score (nSPS) is 19.2. The monoisotopic (exact) mass is 354 g/mol. The Morgan fingerprint density at radius 1 is 1.29 bits per heavy atom. The maximum Gasteiger partial charge on any atom is 0.256 e. The summed E-state index contributed by atoms with van der Waals surface area (Å²) in [6, 6.07) is -0.0891. The van der Waals surface area contributed by atoms with Crippen LogP contribution in [0.1, 0.15) is 43.5 Å². The van der Waals surface area contributed by atoms with Gasteiger partial charge < -0.3 is 9.80 Å². The van der Waals surface area contributed by atoms with Crippen LogP contribution in [0.3, 0.4) is 0 Å². The first-order chi connectivity index (χ1) is 11.4. The van der Waals surface area contributed by atoms with E-state index in [9.17, 15) is 13.2 Å². The number of nitrogens with zero attached hydrogens (tertiary/aromatic N) is 4. The highest BCUT2D eigenvalue weighted by Crippen LogP contribution is 2.21. The molecular formula is C16H26N4O3S. The van der Waals surface area contributed by atoms with Crippen LogP contribution in [0.4, 0.5) is 5.95 Å². The van der Waals surface area contributed by atoms with Gasteiger partial charge in [0.25, 0.3) is 5.91 Å². The number of aromatic nitrogens is 2. The van der Waals surface area contributed by atoms with Gasteiger partial charge >= 0.3 is 0 Å². The zero-order valence-electron chi connectivity index (χ0n) is 14.6. The molecule has 1 atom stereocenters. The van der Waals surface area contributed by atoms with Gasteiger partial charge in [-0.1, -0.05) is 13.3 Å². The van der Waals surface area contributed by atoms with Gasteiger partial charge in [0.15, 0.2) is 9.84 Å². The van der Waals surface area contributed by atoms with Crippen LogP contribution in [0, 0.1) is 0 Å². The van der Waals surface area contributed by atoms with Crippen LogP contribution in [-0.4, -0.2) is 66.9 Å². The molecule has 2 rings (SSSR count). The maximum atomic E-state index is 12.3. The molecule has 0 radical (unpaired) electrons. The van der Waals surface area contributed by atoms with E-state index in [1.165, 1.54) is 12.4 Å². The average molecular weight is 354 g/mol. The molecule has 0 saturated carbocycles. The summed E-state index contributed by atoms with van der Waals surface area (Å²) in [6.45, 7) is 5.37. The Balaban J connectivity index is 2.08. The molecule has 0 spiro atoms. The second-order valence-corrected chi connectivity index (χ2v) is 8.42. The molecule has 1 aliphatic rings. The lowest BCUT2D eigenvalue weighted by molar-refractivity contribution is 0.0792. The van der Waals surface area contributed by atoms with E-state index in [4.69, 9.17) is 0 Å². The molecule has 0 bridgehead atoms. The van der Waals surface area contributed by atoms with Gasteiger partial charge in [-0.3, -0.25) is 4.79 Å². The molecule has 2 heterocycles. The molecule has 134 valence electrons. The molecule has 0 aromatic carbocycles. The van der Waals surface area contributed by atoms with Crippen LogP contribution in [0.5, 0.6) is 0 Å². The molecule has 1 amide bonds. The third-order valence-corrected chi connectivity index (χ3v) is 6.08. The summed E-state index contributed by atoms with van der Waals surface area (Å²) < 4.78 is 23.4. The minimum absolute atomic E-state index is 0.0891. The Morgan fingerprint density at radius 2 is 1.96 bits per heavy atom. The SMILES string of the molecule is CCCCN(C)C(=O)c1cnc(N(CC)C2CCS(=O)(=O)C2)nc1. The summed E-state index contributed by atoms with van der Waals surface area (Å²) in [5.41, 5.74) is 0.451. The number of amides is 1. The second kappa shape index (κ2) is 7.92. The highest BCUT2D eigenvalue weighted by molar-refractivity contribution is 7.91. The highest BCUT2D eigenvalue weighted by Gasteiger charge is 2.32. The summed E-state index contributed by atoms with van der Waals surface area (Å²) in [5.74, 6) is 0.742. The first-order valence-electron chi connectivity index (χ1n) is 8.42. The van der Waals surface area contributed by atoms with Crippen LogP contribution in [-0.2, 0) is 9.84 Å². The predicted octanol–water partition coefficient (Wildman–Crippen LogP) is 1.36. The van der Waals surface area contributed by atoms with E-state index in [1.54, 1.807) is 11.9 Å². The quantitative estimate of drug-likeness (QED) is 0.735. The number of unbranched alkanes of at least 4 members (excludes halogenated alkanes) is 1. The van der Waals surface area contributed by atoms with Crippen molar-refractivity contribution in [3.05, 3.63) is 18.0 Å². The van der Waals surface area contributed by atoms with Crippen molar-refractivity contribution in [2.45, 2.75) is 39.2 Å². The average Bonchev–Trinajstić information content (AvgIpc) is 2.93. The molecule has 0 aliphatic carbocycles. The van der Waals surface area contributed by atoms with Crippen molar-refractivity contribution in [2.75, 3.05) is 36.5 Å². The number of hydrogen-bond donors (Lipinski definition) is 0. The largest absolute Gasteiger partial charge is 0.342 e. The van der Waals surface area contributed by atoms with Crippen molar-refractivity contribution in [2.24, 2.45) is 0 Å². The van der Waals surface area contributed by atoms with Gasteiger partial charge in [0.05, 0.1) is 17.1 Å². The Labute approximate surface area is 144 Å². The van der Waals surface area contributed by atoms with Crippen LogP contribution in [0.25, 0.3) is 0 Å². The van der Waals surface area contributed by atoms with Gasteiger partial charge in [0.2, 0.25) is 5.95 Å². The van der Waals surface area contributed by atoms with Crippen molar-refractivity contribution in [3.8, 4) is 0 Å². The van der Waals surface area contributed by atoms with Crippen molar-refractivity contribution in [1.82, 2.24) is 14.9 Å². The molecular weight excluding hydrogens is 328 g/mol. The molecule has 0 N–H and O–H groups in total. The highest BCUT2D eigenvalue weighted by atomic mass is 32.2. The van der Waals surface area contributed by atoms with E-state index in [1.807, 2.05) is 11.8 Å². The zero-order chi connectivity index (χ0) is 17.7. The lowest BCUT2D eigenvalue weighted by Gasteiger charge is -2.26. The van der Waals surface area contributed by atoms with E-state index >= 15 is 0 Å². The first-order valence-corrected chi connectivity index (χ1v) is 10.2. The molecule has 1 fully saturated rings. The Kier molecular flexibility index (Phi) is 6.15. The Morgan fingerprint density at radius 3 is 2.46 bits per heavy atom. The van der Waals surface area contributed by atoms with Gasteiger partial charge in [-0.25, -0.2) is 18.4 Å². The lowest BCUT2D eigenvalue weighted by Crippen LogP contribution is -2.37. The summed E-state index contributed by atoms with van der Waals surface area (Å²) in [4.78, 5) is 24.5. The van der Waals surface area contributed by atoms with Crippen LogP contribution in [0.15, 0.2) is 12.4 Å². The fourth-order valence-corrected chi connectivity index (χ4v) is 4.61. The minimum atomic E-state index is -2.96. The van der Waals surface area contributed by atoms with Crippen LogP contribution < -0.4 is 4.90 Å².